The maximum Gasteiger partial charge on any atom is 0.277 e. The normalized spacial score (nSPS) is 18.3. The summed E-state index contributed by atoms with van der Waals surface area (Å²) < 4.78 is 15.7. The summed E-state index contributed by atoms with van der Waals surface area (Å²) in [5.41, 5.74) is 5.36. The number of rotatable bonds is 8. The molecule has 3 aromatic rings. The molecular formula is C28H34N6O3S. The van der Waals surface area contributed by atoms with Crippen molar-refractivity contribution >= 4 is 27.4 Å². The monoisotopic (exact) mass is 534 g/mol. The van der Waals surface area contributed by atoms with Crippen LogP contribution in [0.1, 0.15) is 28.8 Å². The van der Waals surface area contributed by atoms with Crippen molar-refractivity contribution in [2.45, 2.75) is 24.2 Å². The molecule has 3 heterocycles. The Bertz CT molecular complexity index is 1350. The molecule has 2 aliphatic rings. The molecule has 0 spiro atoms. The predicted octanol–water partition coefficient (Wildman–Crippen LogP) is 2.71. The molecule has 1 atom stereocenters. The molecule has 2 aliphatic heterocycles. The molecule has 0 saturated carbocycles. The number of hydrogen-bond donors (Lipinski definition) is 2. The first kappa shape index (κ1) is 26.3. The molecule has 2 saturated heterocycles. The average Bonchev–Trinajstić information content (AvgIpc) is 3.50. The van der Waals surface area contributed by atoms with Gasteiger partial charge in [-0.1, -0.05) is 36.4 Å². The highest BCUT2D eigenvalue weighted by atomic mass is 32.2. The van der Waals surface area contributed by atoms with Gasteiger partial charge in [0.2, 0.25) is 5.95 Å². The van der Waals surface area contributed by atoms with Crippen LogP contribution in [-0.2, 0) is 16.1 Å². The van der Waals surface area contributed by atoms with E-state index in [9.17, 15) is 9.00 Å². The van der Waals surface area contributed by atoms with Gasteiger partial charge in [0.05, 0.1) is 15.3 Å². The van der Waals surface area contributed by atoms with E-state index in [0.29, 0.717) is 32.1 Å². The van der Waals surface area contributed by atoms with Gasteiger partial charge >= 0.3 is 0 Å². The molecule has 1 unspecified atom stereocenters. The first-order chi connectivity index (χ1) is 18.4. The van der Waals surface area contributed by atoms with E-state index >= 15 is 0 Å². The van der Waals surface area contributed by atoms with Crippen molar-refractivity contribution in [1.82, 2.24) is 24.7 Å². The molecule has 2 aromatic carbocycles. The second-order valence-corrected chi connectivity index (χ2v) is 12.1. The number of likely N-dealkylation sites (tertiary alicyclic amines) is 1. The highest BCUT2D eigenvalue weighted by molar-refractivity contribution is 7.98. The number of benzene rings is 2. The van der Waals surface area contributed by atoms with E-state index in [-0.39, 0.29) is 5.56 Å². The van der Waals surface area contributed by atoms with Crippen molar-refractivity contribution < 1.29 is 14.2 Å². The molecule has 1 amide bonds. The third-order valence-electron chi connectivity index (χ3n) is 7.34. The zero-order chi connectivity index (χ0) is 26.5. The van der Waals surface area contributed by atoms with Gasteiger partial charge in [-0.3, -0.25) is 10.0 Å². The summed E-state index contributed by atoms with van der Waals surface area (Å²) in [5, 5.41) is 8.74. The summed E-state index contributed by atoms with van der Waals surface area (Å²) in [6.07, 6.45) is 6.42. The molecule has 0 aliphatic carbocycles. The Balaban J connectivity index is 1.20. The fraction of sp³-hybridized carbons (Fsp3) is 0.357. The lowest BCUT2D eigenvalue weighted by Crippen LogP contribution is -2.49. The van der Waals surface area contributed by atoms with E-state index in [0.717, 1.165) is 23.4 Å². The number of aromatic nitrogens is 2. The molecule has 38 heavy (non-hydrogen) atoms. The number of hydrogen-bond acceptors (Lipinski definition) is 7. The minimum Gasteiger partial charge on any atom is -0.338 e. The van der Waals surface area contributed by atoms with Gasteiger partial charge in [0.15, 0.2) is 0 Å². The second kappa shape index (κ2) is 11.6. The van der Waals surface area contributed by atoms with Crippen molar-refractivity contribution in [3.05, 3.63) is 72.1 Å². The molecule has 1 aromatic heterocycles. The fourth-order valence-corrected chi connectivity index (χ4v) is 6.67. The standard InChI is InChI=1S/C28H34N6O3S/c1-38(37,34-17-15-33(16-18-34)28-29-20-25(21-30-28)27(35)31-36)26-9-7-23(8-10-26)24-6-4-5-22(19-24)11-14-32-12-2-3-13-32/h4-10,19-21,36H,1-3,11-18H2,(H,31,35). The molecule has 0 radical (unpaired) electrons. The van der Waals surface area contributed by atoms with E-state index in [2.05, 4.69) is 45.0 Å². The minimum atomic E-state index is -2.63. The maximum absolute atomic E-state index is 13.7. The summed E-state index contributed by atoms with van der Waals surface area (Å²) in [6, 6.07) is 16.6. The third-order valence-corrected chi connectivity index (χ3v) is 9.55. The van der Waals surface area contributed by atoms with Gasteiger partial charge in [0.25, 0.3) is 5.91 Å². The number of nitrogens with one attached hydrogen (secondary N) is 1. The van der Waals surface area contributed by atoms with Crippen LogP contribution >= 0.6 is 0 Å². The number of piperazine rings is 1. The highest BCUT2D eigenvalue weighted by Crippen LogP contribution is 2.25. The Labute approximate surface area is 224 Å². The average molecular weight is 535 g/mol. The van der Waals surface area contributed by atoms with Crippen LogP contribution in [0, 0.1) is 0 Å². The Kier molecular flexibility index (Phi) is 8.04. The Morgan fingerprint density at radius 3 is 2.29 bits per heavy atom. The van der Waals surface area contributed by atoms with Crippen LogP contribution in [0.2, 0.25) is 0 Å². The molecular weight excluding hydrogens is 500 g/mol. The Morgan fingerprint density at radius 2 is 1.63 bits per heavy atom. The largest absolute Gasteiger partial charge is 0.338 e. The smallest absolute Gasteiger partial charge is 0.277 e. The number of nitrogens with zero attached hydrogens (tertiary/aromatic N) is 5. The second-order valence-electron chi connectivity index (χ2n) is 9.79. The van der Waals surface area contributed by atoms with Gasteiger partial charge in [-0.2, -0.15) is 0 Å². The van der Waals surface area contributed by atoms with Crippen LogP contribution in [0.4, 0.5) is 5.95 Å². The summed E-state index contributed by atoms with van der Waals surface area (Å²) in [4.78, 5) is 25.2. The molecule has 200 valence electrons. The lowest BCUT2D eigenvalue weighted by Gasteiger charge is -2.36. The molecule has 5 rings (SSSR count). The summed E-state index contributed by atoms with van der Waals surface area (Å²) in [6.45, 7) is 5.80. The number of anilines is 1. The van der Waals surface area contributed by atoms with E-state index in [1.807, 2.05) is 33.5 Å². The minimum absolute atomic E-state index is 0.174. The van der Waals surface area contributed by atoms with Crippen LogP contribution in [-0.4, -0.2) is 86.2 Å². The zero-order valence-electron chi connectivity index (χ0n) is 21.5. The first-order valence-electron chi connectivity index (χ1n) is 13.0. The van der Waals surface area contributed by atoms with Crippen LogP contribution < -0.4 is 10.4 Å². The fourth-order valence-electron chi connectivity index (χ4n) is 5.06. The molecule has 2 fully saturated rings. The Hall–Kier alpha value is -3.31. The summed E-state index contributed by atoms with van der Waals surface area (Å²) in [5.74, 6) is 3.94. The van der Waals surface area contributed by atoms with Crippen molar-refractivity contribution in [3.8, 4) is 11.1 Å². The number of amides is 1. The van der Waals surface area contributed by atoms with Crippen molar-refractivity contribution in [2.24, 2.45) is 0 Å². The van der Waals surface area contributed by atoms with Gasteiger partial charge in [-0.25, -0.2) is 24.0 Å². The SMILES string of the molecule is C=S(=O)(c1ccc(-c2cccc(CCN3CCCC3)c2)cc1)N1CCN(c2ncc(C(=O)NO)cn2)CC1. The molecule has 2 N–H and O–H groups in total. The third kappa shape index (κ3) is 5.88. The lowest BCUT2D eigenvalue weighted by molar-refractivity contribution is 0.0705. The summed E-state index contributed by atoms with van der Waals surface area (Å²) in [7, 11) is -2.63. The van der Waals surface area contributed by atoms with Crippen molar-refractivity contribution in [3.63, 3.8) is 0 Å². The Morgan fingerprint density at radius 1 is 0.947 bits per heavy atom. The van der Waals surface area contributed by atoms with E-state index in [4.69, 9.17) is 5.21 Å². The van der Waals surface area contributed by atoms with E-state index in [1.165, 1.54) is 49.5 Å². The van der Waals surface area contributed by atoms with Gasteiger partial charge in [0, 0.05) is 50.0 Å². The van der Waals surface area contributed by atoms with Gasteiger partial charge in [0.1, 0.15) is 0 Å². The number of carbonyl (C=O) groups is 1. The summed E-state index contributed by atoms with van der Waals surface area (Å²) >= 11 is 0. The highest BCUT2D eigenvalue weighted by Gasteiger charge is 2.25. The lowest BCUT2D eigenvalue weighted by atomic mass is 10.0. The topological polar surface area (TPSA) is 102 Å². The number of carbonyl (C=O) groups excluding carboxylic acids is 1. The molecule has 9 nitrogen and oxygen atoms in total. The van der Waals surface area contributed by atoms with E-state index < -0.39 is 15.6 Å². The first-order valence-corrected chi connectivity index (χ1v) is 14.7. The van der Waals surface area contributed by atoms with Crippen molar-refractivity contribution in [1.29, 1.82) is 0 Å². The van der Waals surface area contributed by atoms with Crippen molar-refractivity contribution in [2.75, 3.05) is 50.7 Å². The number of hydroxylamine groups is 1. The van der Waals surface area contributed by atoms with Crippen LogP contribution in [0.15, 0.2) is 65.8 Å². The predicted molar refractivity (Wildman–Crippen MR) is 150 cm³/mol. The molecule has 10 heteroatoms. The quantitative estimate of drug-likeness (QED) is 0.260. The zero-order valence-corrected chi connectivity index (χ0v) is 22.3. The van der Waals surface area contributed by atoms with E-state index in [1.54, 1.807) is 5.48 Å². The van der Waals surface area contributed by atoms with Gasteiger partial charge in [-0.15, -0.1) is 0 Å². The van der Waals surface area contributed by atoms with Crippen LogP contribution in [0.5, 0.6) is 0 Å². The van der Waals surface area contributed by atoms with Crippen LogP contribution in [0.25, 0.3) is 11.1 Å². The van der Waals surface area contributed by atoms with Crippen LogP contribution in [0.3, 0.4) is 0 Å². The molecule has 0 bridgehead atoms. The van der Waals surface area contributed by atoms with Gasteiger partial charge in [-0.05, 0) is 67.0 Å². The van der Waals surface area contributed by atoms with Gasteiger partial charge < -0.3 is 9.80 Å². The maximum atomic E-state index is 13.7.